The first-order valence-electron chi connectivity index (χ1n) is 3.66. The Morgan fingerprint density at radius 1 is 1.70 bits per heavy atom. The van der Waals surface area contributed by atoms with E-state index in [9.17, 15) is 0 Å². The Bertz CT molecular complexity index is 110. The highest BCUT2D eigenvalue weighted by molar-refractivity contribution is 5.84. The Morgan fingerprint density at radius 3 is 2.70 bits per heavy atom. The van der Waals surface area contributed by atoms with Crippen molar-refractivity contribution in [1.82, 2.24) is 0 Å². The third-order valence-electron chi connectivity index (χ3n) is 1.23. The van der Waals surface area contributed by atoms with Crippen LogP contribution >= 0.6 is 0 Å². The van der Waals surface area contributed by atoms with Gasteiger partial charge in [0, 0.05) is 6.54 Å². The maximum absolute atomic E-state index is 8.86. The minimum Gasteiger partial charge on any atom is -0.386 e. The number of unbranched alkanes of at least 4 members (excludes halogenated alkanes) is 1. The van der Waals surface area contributed by atoms with Crippen LogP contribution in [0.1, 0.15) is 26.7 Å². The van der Waals surface area contributed by atoms with E-state index < -0.39 is 6.10 Å². The van der Waals surface area contributed by atoms with Gasteiger partial charge in [0.25, 0.3) is 0 Å². The van der Waals surface area contributed by atoms with Crippen molar-refractivity contribution in [3.8, 4) is 0 Å². The second-order valence-corrected chi connectivity index (χ2v) is 2.34. The van der Waals surface area contributed by atoms with Crippen molar-refractivity contribution in [3.05, 3.63) is 0 Å². The Labute approximate surface area is 62.0 Å². The summed E-state index contributed by atoms with van der Waals surface area (Å²) >= 11 is 0. The quantitative estimate of drug-likeness (QED) is 0.343. The number of rotatable bonds is 4. The fourth-order valence-electron chi connectivity index (χ4n) is 0.498. The minimum atomic E-state index is -0.600. The van der Waals surface area contributed by atoms with E-state index in [0.717, 1.165) is 19.4 Å². The first-order valence-corrected chi connectivity index (χ1v) is 3.66. The van der Waals surface area contributed by atoms with E-state index in [-0.39, 0.29) is 0 Å². The summed E-state index contributed by atoms with van der Waals surface area (Å²) < 4.78 is 0. The predicted octanol–water partition coefficient (Wildman–Crippen LogP) is 0.525. The summed E-state index contributed by atoms with van der Waals surface area (Å²) in [7, 11) is 0. The van der Waals surface area contributed by atoms with Crippen molar-refractivity contribution < 1.29 is 5.11 Å². The number of aliphatic hydroxyl groups excluding tert-OH is 1. The van der Waals surface area contributed by atoms with E-state index in [0.29, 0.717) is 5.84 Å². The monoisotopic (exact) mass is 144 g/mol. The van der Waals surface area contributed by atoms with Gasteiger partial charge in [-0.1, -0.05) is 13.3 Å². The van der Waals surface area contributed by atoms with E-state index in [1.54, 1.807) is 6.92 Å². The molecule has 0 aliphatic heterocycles. The zero-order chi connectivity index (χ0) is 7.98. The molecule has 10 heavy (non-hydrogen) atoms. The van der Waals surface area contributed by atoms with Crippen molar-refractivity contribution in [3.63, 3.8) is 0 Å². The molecular formula is C7H16N2O. The Kier molecular flexibility index (Phi) is 4.94. The van der Waals surface area contributed by atoms with Gasteiger partial charge in [0.1, 0.15) is 11.9 Å². The van der Waals surface area contributed by atoms with Gasteiger partial charge in [0.05, 0.1) is 0 Å². The maximum Gasteiger partial charge on any atom is 0.123 e. The second-order valence-electron chi connectivity index (χ2n) is 2.34. The van der Waals surface area contributed by atoms with Crippen molar-refractivity contribution in [1.29, 1.82) is 0 Å². The second kappa shape index (κ2) is 5.23. The molecule has 0 saturated carbocycles. The number of nitrogens with two attached hydrogens (primary N) is 1. The Balaban J connectivity index is 3.48. The smallest absolute Gasteiger partial charge is 0.123 e. The van der Waals surface area contributed by atoms with Crippen LogP contribution in [0.15, 0.2) is 4.99 Å². The SMILES string of the molecule is CCCCN=C(N)C(C)O. The minimum absolute atomic E-state index is 0.341. The number of hydrogen-bond acceptors (Lipinski definition) is 2. The van der Waals surface area contributed by atoms with Crippen LogP contribution in [0.25, 0.3) is 0 Å². The summed E-state index contributed by atoms with van der Waals surface area (Å²) in [4.78, 5) is 3.96. The first-order chi connectivity index (χ1) is 4.68. The van der Waals surface area contributed by atoms with Crippen LogP contribution in [0.4, 0.5) is 0 Å². The molecule has 0 aliphatic rings. The molecule has 60 valence electrons. The Hall–Kier alpha value is -0.570. The lowest BCUT2D eigenvalue weighted by Crippen LogP contribution is -2.25. The Morgan fingerprint density at radius 2 is 2.30 bits per heavy atom. The third-order valence-corrected chi connectivity index (χ3v) is 1.23. The molecule has 3 N–H and O–H groups in total. The van der Waals surface area contributed by atoms with Gasteiger partial charge in [-0.3, -0.25) is 4.99 Å². The van der Waals surface area contributed by atoms with Gasteiger partial charge >= 0.3 is 0 Å². The molecule has 1 unspecified atom stereocenters. The number of amidine groups is 1. The zero-order valence-corrected chi connectivity index (χ0v) is 6.67. The van der Waals surface area contributed by atoms with Crippen molar-refractivity contribution in [2.45, 2.75) is 32.8 Å². The average molecular weight is 144 g/mol. The number of aliphatic imine (C=N–C) groups is 1. The molecule has 0 aromatic heterocycles. The molecular weight excluding hydrogens is 128 g/mol. The normalized spacial score (nSPS) is 15.3. The molecule has 0 aromatic rings. The highest BCUT2D eigenvalue weighted by Gasteiger charge is 1.97. The van der Waals surface area contributed by atoms with Gasteiger partial charge in [0.15, 0.2) is 0 Å². The van der Waals surface area contributed by atoms with Crippen LogP contribution in [0.2, 0.25) is 0 Å². The fraction of sp³-hybridized carbons (Fsp3) is 0.857. The highest BCUT2D eigenvalue weighted by atomic mass is 16.3. The molecule has 0 bridgehead atoms. The summed E-state index contributed by atoms with van der Waals surface area (Å²) in [6, 6.07) is 0. The van der Waals surface area contributed by atoms with Crippen LogP contribution in [0.3, 0.4) is 0 Å². The average Bonchev–Trinajstić information content (AvgIpc) is 1.88. The fourth-order valence-corrected chi connectivity index (χ4v) is 0.498. The molecule has 0 aromatic carbocycles. The van der Waals surface area contributed by atoms with Gasteiger partial charge < -0.3 is 10.8 Å². The topological polar surface area (TPSA) is 58.6 Å². The van der Waals surface area contributed by atoms with E-state index in [4.69, 9.17) is 10.8 Å². The largest absolute Gasteiger partial charge is 0.386 e. The van der Waals surface area contributed by atoms with Crippen LogP contribution in [-0.4, -0.2) is 23.6 Å². The number of nitrogens with zero attached hydrogens (tertiary/aromatic N) is 1. The van der Waals surface area contributed by atoms with Crippen LogP contribution in [0, 0.1) is 0 Å². The standard InChI is InChI=1S/C7H16N2O/c1-3-4-5-9-7(8)6(2)10/h6,10H,3-5H2,1-2H3,(H2,8,9). The summed E-state index contributed by atoms with van der Waals surface area (Å²) in [6.07, 6.45) is 1.54. The molecule has 0 amide bonds. The zero-order valence-electron chi connectivity index (χ0n) is 6.67. The molecule has 1 atom stereocenters. The molecule has 0 fully saturated rings. The van der Waals surface area contributed by atoms with Crippen LogP contribution in [0.5, 0.6) is 0 Å². The lowest BCUT2D eigenvalue weighted by atomic mass is 10.3. The van der Waals surface area contributed by atoms with Crippen LogP contribution < -0.4 is 5.73 Å². The van der Waals surface area contributed by atoms with Gasteiger partial charge in [-0.05, 0) is 13.3 Å². The van der Waals surface area contributed by atoms with E-state index in [1.165, 1.54) is 0 Å². The molecule has 3 nitrogen and oxygen atoms in total. The molecule has 0 heterocycles. The molecule has 0 saturated heterocycles. The van der Waals surface area contributed by atoms with Gasteiger partial charge in [-0.15, -0.1) is 0 Å². The van der Waals surface area contributed by atoms with Crippen molar-refractivity contribution >= 4 is 5.84 Å². The molecule has 3 heteroatoms. The van der Waals surface area contributed by atoms with E-state index >= 15 is 0 Å². The van der Waals surface area contributed by atoms with E-state index in [2.05, 4.69) is 11.9 Å². The molecule has 0 rings (SSSR count). The summed E-state index contributed by atoms with van der Waals surface area (Å²) in [5.41, 5.74) is 5.36. The third kappa shape index (κ3) is 4.32. The molecule has 0 spiro atoms. The van der Waals surface area contributed by atoms with Gasteiger partial charge in [-0.2, -0.15) is 0 Å². The summed E-state index contributed by atoms with van der Waals surface area (Å²) in [5.74, 6) is 0.341. The summed E-state index contributed by atoms with van der Waals surface area (Å²) in [5, 5.41) is 8.86. The first kappa shape index (κ1) is 9.43. The highest BCUT2D eigenvalue weighted by Crippen LogP contribution is 1.88. The van der Waals surface area contributed by atoms with Crippen LogP contribution in [-0.2, 0) is 0 Å². The lowest BCUT2D eigenvalue weighted by molar-refractivity contribution is 0.260. The van der Waals surface area contributed by atoms with Gasteiger partial charge in [-0.25, -0.2) is 0 Å². The predicted molar refractivity (Wildman–Crippen MR) is 43.1 cm³/mol. The van der Waals surface area contributed by atoms with E-state index in [1.807, 2.05) is 0 Å². The number of aliphatic hydroxyl groups is 1. The van der Waals surface area contributed by atoms with Gasteiger partial charge in [0.2, 0.25) is 0 Å². The number of hydrogen-bond donors (Lipinski definition) is 2. The maximum atomic E-state index is 8.86. The summed E-state index contributed by atoms with van der Waals surface area (Å²) in [6.45, 7) is 4.44. The molecule has 0 radical (unpaired) electrons. The van der Waals surface area contributed by atoms with Crippen molar-refractivity contribution in [2.24, 2.45) is 10.7 Å². The molecule has 0 aliphatic carbocycles. The van der Waals surface area contributed by atoms with Crippen molar-refractivity contribution in [2.75, 3.05) is 6.54 Å². The lowest BCUT2D eigenvalue weighted by Gasteiger charge is -2.01.